The molecule has 3 aromatic carbocycles. The third kappa shape index (κ3) is 4.81. The van der Waals surface area contributed by atoms with Crippen LogP contribution < -0.4 is 10.1 Å². The minimum absolute atomic E-state index is 0.0981. The third-order valence-corrected chi connectivity index (χ3v) is 8.00. The predicted octanol–water partition coefficient (Wildman–Crippen LogP) is 6.75. The van der Waals surface area contributed by atoms with Crippen LogP contribution in [0.25, 0.3) is 5.70 Å². The van der Waals surface area contributed by atoms with Crippen LogP contribution in [-0.2, 0) is 16.1 Å². The van der Waals surface area contributed by atoms with Crippen molar-refractivity contribution in [1.29, 1.82) is 0 Å². The first-order valence-corrected chi connectivity index (χ1v) is 13.8. The molecule has 1 N–H and O–H groups in total. The molecular weight excluding hydrogens is 699 g/mol. The lowest BCUT2D eigenvalue weighted by Crippen LogP contribution is -2.29. The Balaban J connectivity index is 1.57. The molecule has 3 aromatic rings. The van der Waals surface area contributed by atoms with E-state index >= 15 is 0 Å². The number of rotatable bonds is 6. The zero-order valence-corrected chi connectivity index (χ0v) is 24.3. The second-order valence-electron chi connectivity index (χ2n) is 8.71. The number of fused-ring (bicyclic) bond motifs is 2. The number of Topliss-reactive ketones (excluding diaryl/α,β-unsaturated/α-hetero) is 1. The first kappa shape index (κ1) is 25.9. The van der Waals surface area contributed by atoms with E-state index in [0.717, 1.165) is 29.5 Å². The molecule has 1 heterocycles. The lowest BCUT2D eigenvalue weighted by molar-refractivity contribution is -0.138. The monoisotopic (exact) mass is 721 g/mol. The van der Waals surface area contributed by atoms with Gasteiger partial charge in [-0.05, 0) is 94.4 Å². The Morgan fingerprint density at radius 2 is 1.68 bits per heavy atom. The van der Waals surface area contributed by atoms with Gasteiger partial charge in [-0.25, -0.2) is 9.18 Å². The van der Waals surface area contributed by atoms with Crippen LogP contribution in [0.4, 0.5) is 4.39 Å². The quantitative estimate of drug-likeness (QED) is 0.226. The summed E-state index contributed by atoms with van der Waals surface area (Å²) in [6, 6.07) is 17.6. The first-order valence-electron chi connectivity index (χ1n) is 11.7. The van der Waals surface area contributed by atoms with Crippen LogP contribution in [0.5, 0.6) is 5.75 Å². The smallest absolute Gasteiger partial charge is 0.336 e. The topological polar surface area (TPSA) is 64.6 Å². The molecule has 188 valence electrons. The Labute approximate surface area is 241 Å². The van der Waals surface area contributed by atoms with Gasteiger partial charge in [0.25, 0.3) is 0 Å². The number of halogens is 3. The second kappa shape index (κ2) is 10.6. The molecule has 1 aliphatic carbocycles. The largest absolute Gasteiger partial charge is 0.487 e. The number of hydrogen-bond donors (Lipinski definition) is 1. The van der Waals surface area contributed by atoms with Crippen molar-refractivity contribution in [1.82, 2.24) is 5.32 Å². The van der Waals surface area contributed by atoms with Gasteiger partial charge in [-0.1, -0.05) is 36.4 Å². The van der Waals surface area contributed by atoms with Gasteiger partial charge >= 0.3 is 5.97 Å². The fraction of sp³-hybridized carbons (Fsp3) is 0.172. The van der Waals surface area contributed by atoms with E-state index in [1.165, 1.54) is 12.1 Å². The van der Waals surface area contributed by atoms with Crippen molar-refractivity contribution < 1.29 is 23.5 Å². The molecular formula is C29H22FI2NO4. The van der Waals surface area contributed by atoms with Gasteiger partial charge in [-0.3, -0.25) is 4.79 Å². The van der Waals surface area contributed by atoms with Gasteiger partial charge in [-0.2, -0.15) is 0 Å². The Bertz CT molecular complexity index is 1470. The average Bonchev–Trinajstić information content (AvgIpc) is 3.15. The summed E-state index contributed by atoms with van der Waals surface area (Å²) < 4.78 is 26.5. The highest BCUT2D eigenvalue weighted by Crippen LogP contribution is 2.48. The first-order chi connectivity index (χ1) is 17.8. The molecule has 0 unspecified atom stereocenters. The van der Waals surface area contributed by atoms with Crippen molar-refractivity contribution in [2.24, 2.45) is 0 Å². The van der Waals surface area contributed by atoms with Crippen molar-refractivity contribution in [3.63, 3.8) is 0 Å². The van der Waals surface area contributed by atoms with E-state index in [1.807, 2.05) is 43.3 Å². The minimum atomic E-state index is -0.594. The zero-order valence-electron chi connectivity index (χ0n) is 20.0. The number of allylic oxidation sites excluding steroid dienone is 2. The molecule has 0 radical (unpaired) electrons. The maximum absolute atomic E-state index is 13.6. The number of hydrogen-bond acceptors (Lipinski definition) is 5. The lowest BCUT2D eigenvalue weighted by Gasteiger charge is -2.29. The number of ketones is 1. The van der Waals surface area contributed by atoms with Crippen LogP contribution in [0.15, 0.2) is 77.5 Å². The van der Waals surface area contributed by atoms with Gasteiger partial charge in [-0.15, -0.1) is 0 Å². The van der Waals surface area contributed by atoms with E-state index in [-0.39, 0.29) is 24.8 Å². The van der Waals surface area contributed by atoms with Crippen molar-refractivity contribution in [3.05, 3.63) is 113 Å². The summed E-state index contributed by atoms with van der Waals surface area (Å²) in [6.45, 7) is 4.12. The lowest BCUT2D eigenvalue weighted by atomic mass is 9.80. The molecule has 0 amide bonds. The van der Waals surface area contributed by atoms with Gasteiger partial charge in [0.15, 0.2) is 5.78 Å². The zero-order chi connectivity index (χ0) is 26.3. The predicted molar refractivity (Wildman–Crippen MR) is 156 cm³/mol. The molecule has 0 bridgehead atoms. The molecule has 0 saturated heterocycles. The van der Waals surface area contributed by atoms with Gasteiger partial charge in [0, 0.05) is 28.3 Å². The van der Waals surface area contributed by atoms with Crippen LogP contribution >= 0.6 is 45.2 Å². The van der Waals surface area contributed by atoms with Crippen molar-refractivity contribution >= 4 is 62.6 Å². The maximum Gasteiger partial charge on any atom is 0.336 e. The summed E-state index contributed by atoms with van der Waals surface area (Å²) in [5.41, 5.74) is 5.47. The van der Waals surface area contributed by atoms with Crippen molar-refractivity contribution in [3.8, 4) is 5.75 Å². The van der Waals surface area contributed by atoms with Crippen molar-refractivity contribution in [2.75, 3.05) is 6.61 Å². The molecule has 1 aliphatic heterocycles. The molecule has 2 aliphatic rings. The molecule has 8 heteroatoms. The van der Waals surface area contributed by atoms with Crippen LogP contribution in [0.3, 0.4) is 0 Å². The number of nitrogens with one attached hydrogen (secondary N) is 1. The molecule has 0 fully saturated rings. The van der Waals surface area contributed by atoms with Gasteiger partial charge in [0.2, 0.25) is 0 Å². The number of carbonyl (C=O) groups is 2. The maximum atomic E-state index is 13.6. The number of benzene rings is 3. The standard InChI is InChI=1S/C29H22FI2NO4/c1-3-36-29(35)23-15(2)33-26-19-6-4-5-7-20(19)27(34)25(26)24(23)17-12-21(31)28(22(32)13-17)37-14-16-8-10-18(30)11-9-16/h4-13,24,33H,3,14H2,1-2H3/t24-/m0/s1. The minimum Gasteiger partial charge on any atom is -0.487 e. The Morgan fingerprint density at radius 1 is 1.03 bits per heavy atom. The van der Waals surface area contributed by atoms with E-state index in [1.54, 1.807) is 19.1 Å². The second-order valence-corrected chi connectivity index (χ2v) is 11.0. The molecule has 37 heavy (non-hydrogen) atoms. The summed E-state index contributed by atoms with van der Waals surface area (Å²) in [5, 5.41) is 3.32. The third-order valence-electron chi connectivity index (χ3n) is 6.39. The summed E-state index contributed by atoms with van der Waals surface area (Å²) in [4.78, 5) is 26.8. The number of carbonyl (C=O) groups excluding carboxylic acids is 2. The van der Waals surface area contributed by atoms with Gasteiger partial charge in [0.05, 0.1) is 25.0 Å². The summed E-state index contributed by atoms with van der Waals surface area (Å²) in [6.07, 6.45) is 0. The van der Waals surface area contributed by atoms with E-state index in [2.05, 4.69) is 50.5 Å². The summed E-state index contributed by atoms with van der Waals surface area (Å²) >= 11 is 4.42. The molecule has 0 saturated carbocycles. The molecule has 5 nitrogen and oxygen atoms in total. The SMILES string of the molecule is CCOC(=O)C1=C(C)NC2=C(C(=O)c3ccccc32)[C@H]1c1cc(I)c(OCc2ccc(F)cc2)c(I)c1. The summed E-state index contributed by atoms with van der Waals surface area (Å²) in [5.74, 6) is -0.744. The number of ether oxygens (including phenoxy) is 2. The fourth-order valence-corrected chi connectivity index (χ4v) is 6.89. The number of dihydropyridines is 1. The highest BCUT2D eigenvalue weighted by atomic mass is 127. The normalized spacial score (nSPS) is 16.4. The molecule has 0 spiro atoms. The van der Waals surface area contributed by atoms with Crippen molar-refractivity contribution in [2.45, 2.75) is 26.4 Å². The highest BCUT2D eigenvalue weighted by molar-refractivity contribution is 14.1. The van der Waals surface area contributed by atoms with Crippen LogP contribution in [0.1, 0.15) is 46.8 Å². The van der Waals surface area contributed by atoms with E-state index in [4.69, 9.17) is 9.47 Å². The van der Waals surface area contributed by atoms with Crippen LogP contribution in [0, 0.1) is 13.0 Å². The highest BCUT2D eigenvalue weighted by Gasteiger charge is 2.43. The van der Waals surface area contributed by atoms with Crippen LogP contribution in [0.2, 0.25) is 0 Å². The van der Waals surface area contributed by atoms with E-state index in [0.29, 0.717) is 28.2 Å². The van der Waals surface area contributed by atoms with Gasteiger partial charge in [0.1, 0.15) is 18.2 Å². The van der Waals surface area contributed by atoms with Gasteiger partial charge < -0.3 is 14.8 Å². The fourth-order valence-electron chi connectivity index (χ4n) is 4.76. The Kier molecular flexibility index (Phi) is 7.39. The average molecular weight is 721 g/mol. The number of esters is 1. The Hall–Kier alpha value is -2.73. The Morgan fingerprint density at radius 3 is 2.32 bits per heavy atom. The molecule has 5 rings (SSSR count). The van der Waals surface area contributed by atoms with E-state index in [9.17, 15) is 14.0 Å². The molecule has 0 aromatic heterocycles. The molecule has 1 atom stereocenters. The van der Waals surface area contributed by atoms with Crippen LogP contribution in [-0.4, -0.2) is 18.4 Å². The summed E-state index contributed by atoms with van der Waals surface area (Å²) in [7, 11) is 0. The van der Waals surface area contributed by atoms with E-state index < -0.39 is 11.9 Å².